The largest absolute Gasteiger partial charge is 0.436 e. The lowest BCUT2D eigenvalue weighted by molar-refractivity contribution is -0.121. The number of anilines is 1. The average molecular weight is 496 g/mol. The second kappa shape index (κ2) is 10.4. The quantitative estimate of drug-likeness (QED) is 0.340. The van der Waals surface area contributed by atoms with Gasteiger partial charge in [-0.3, -0.25) is 14.4 Å². The van der Waals surface area contributed by atoms with Crippen LogP contribution in [0.25, 0.3) is 22.6 Å². The minimum atomic E-state index is -0.207. The van der Waals surface area contributed by atoms with E-state index in [1.54, 1.807) is 42.5 Å². The molecule has 2 heterocycles. The minimum absolute atomic E-state index is 0.0391. The Kier molecular flexibility index (Phi) is 6.86. The summed E-state index contributed by atoms with van der Waals surface area (Å²) in [4.78, 5) is 44.1. The number of piperidine rings is 1. The summed E-state index contributed by atoms with van der Waals surface area (Å²) in [7, 11) is 0. The van der Waals surface area contributed by atoms with Crippen molar-refractivity contribution in [2.45, 2.75) is 26.7 Å². The van der Waals surface area contributed by atoms with Crippen molar-refractivity contribution < 1.29 is 18.8 Å². The monoisotopic (exact) mass is 495 g/mol. The van der Waals surface area contributed by atoms with E-state index in [0.29, 0.717) is 46.9 Å². The second-order valence-corrected chi connectivity index (χ2v) is 9.61. The van der Waals surface area contributed by atoms with Gasteiger partial charge in [0.05, 0.1) is 0 Å². The molecule has 1 unspecified atom stereocenters. The maximum Gasteiger partial charge on any atom is 0.253 e. The van der Waals surface area contributed by atoms with Crippen molar-refractivity contribution in [3.63, 3.8) is 0 Å². The number of carbonyl (C=O) groups excluding carboxylic acids is 3. The molecule has 0 spiro atoms. The molecule has 5 rings (SSSR count). The fraction of sp³-hybridized carbons (Fsp3) is 0.267. The zero-order chi connectivity index (χ0) is 25.9. The molecule has 188 valence electrons. The molecule has 1 N–H and O–H groups in total. The van der Waals surface area contributed by atoms with Crippen LogP contribution in [-0.2, 0) is 4.79 Å². The summed E-state index contributed by atoms with van der Waals surface area (Å²) in [6.07, 6.45) is 1.50. The first-order valence-corrected chi connectivity index (χ1v) is 12.6. The number of hydrogen-bond donors (Lipinski definition) is 1. The number of fused-ring (bicyclic) bond motifs is 1. The fourth-order valence-corrected chi connectivity index (χ4v) is 4.84. The molecular formula is C30H29N3O4. The van der Waals surface area contributed by atoms with Gasteiger partial charge in [0.1, 0.15) is 5.52 Å². The molecule has 3 aromatic carbocycles. The molecule has 4 aromatic rings. The summed E-state index contributed by atoms with van der Waals surface area (Å²) < 4.78 is 5.87. The Morgan fingerprint density at radius 1 is 0.946 bits per heavy atom. The number of rotatable bonds is 6. The van der Waals surface area contributed by atoms with Gasteiger partial charge in [-0.05, 0) is 68.1 Å². The SMILES string of the molecule is CC(=O)c1cccc(NC(=O)C(C)C2CCN(C(=O)c3ccc4oc(-c5ccccc5)nc4c3)CC2)c1. The Morgan fingerprint density at radius 2 is 1.70 bits per heavy atom. The number of aromatic nitrogens is 1. The molecule has 1 aliphatic rings. The lowest BCUT2D eigenvalue weighted by Crippen LogP contribution is -2.41. The van der Waals surface area contributed by atoms with Crippen LogP contribution in [0.3, 0.4) is 0 Å². The molecule has 1 atom stereocenters. The van der Waals surface area contributed by atoms with E-state index in [-0.39, 0.29) is 29.4 Å². The summed E-state index contributed by atoms with van der Waals surface area (Å²) in [6.45, 7) is 4.61. The molecule has 7 heteroatoms. The van der Waals surface area contributed by atoms with Crippen molar-refractivity contribution in [3.05, 3.63) is 83.9 Å². The van der Waals surface area contributed by atoms with Crippen LogP contribution < -0.4 is 5.32 Å². The highest BCUT2D eigenvalue weighted by Gasteiger charge is 2.30. The minimum Gasteiger partial charge on any atom is -0.436 e. The Hall–Kier alpha value is -4.26. The lowest BCUT2D eigenvalue weighted by atomic mass is 9.84. The summed E-state index contributed by atoms with van der Waals surface area (Å²) in [5.41, 5.74) is 3.95. The predicted molar refractivity (Wildman–Crippen MR) is 142 cm³/mol. The van der Waals surface area contributed by atoms with Gasteiger partial charge >= 0.3 is 0 Å². The van der Waals surface area contributed by atoms with Gasteiger partial charge in [-0.2, -0.15) is 0 Å². The van der Waals surface area contributed by atoms with Crippen LogP contribution in [0.1, 0.15) is 47.4 Å². The molecular weight excluding hydrogens is 466 g/mol. The number of Topliss-reactive ketones (excluding diaryl/α,β-unsaturated/α-hetero) is 1. The van der Waals surface area contributed by atoms with E-state index in [4.69, 9.17) is 4.42 Å². The van der Waals surface area contributed by atoms with Crippen LogP contribution in [0.4, 0.5) is 5.69 Å². The summed E-state index contributed by atoms with van der Waals surface area (Å²) in [5.74, 6) is 0.341. The zero-order valence-corrected chi connectivity index (χ0v) is 20.9. The first kappa shape index (κ1) is 24.4. The zero-order valence-electron chi connectivity index (χ0n) is 20.9. The van der Waals surface area contributed by atoms with E-state index in [2.05, 4.69) is 10.3 Å². The van der Waals surface area contributed by atoms with Gasteiger partial charge in [0.2, 0.25) is 11.8 Å². The standard InChI is InChI=1S/C30H29N3O4/c1-19(28(35)31-25-10-6-9-23(17-25)20(2)34)21-13-15-33(16-14-21)30(36)24-11-12-27-26(18-24)32-29(37-27)22-7-4-3-5-8-22/h3-12,17-19,21H,13-16H2,1-2H3,(H,31,35). The number of nitrogens with one attached hydrogen (secondary N) is 1. The first-order valence-electron chi connectivity index (χ1n) is 12.6. The van der Waals surface area contributed by atoms with E-state index in [1.165, 1.54) is 6.92 Å². The number of amides is 2. The van der Waals surface area contributed by atoms with Crippen LogP contribution in [0.5, 0.6) is 0 Å². The van der Waals surface area contributed by atoms with E-state index < -0.39 is 0 Å². The van der Waals surface area contributed by atoms with E-state index in [9.17, 15) is 14.4 Å². The molecule has 1 aliphatic heterocycles. The Bertz CT molecular complexity index is 1450. The van der Waals surface area contributed by atoms with Crippen molar-refractivity contribution in [1.82, 2.24) is 9.88 Å². The van der Waals surface area contributed by atoms with Gasteiger partial charge in [-0.25, -0.2) is 4.98 Å². The number of ketones is 1. The van der Waals surface area contributed by atoms with Gasteiger partial charge in [0.25, 0.3) is 5.91 Å². The van der Waals surface area contributed by atoms with Crippen molar-refractivity contribution in [3.8, 4) is 11.5 Å². The van der Waals surface area contributed by atoms with Crippen molar-refractivity contribution >= 4 is 34.4 Å². The summed E-state index contributed by atoms with van der Waals surface area (Å²) >= 11 is 0. The highest BCUT2D eigenvalue weighted by molar-refractivity contribution is 5.98. The number of carbonyl (C=O) groups is 3. The van der Waals surface area contributed by atoms with Crippen LogP contribution in [0.2, 0.25) is 0 Å². The highest BCUT2D eigenvalue weighted by Crippen LogP contribution is 2.29. The third-order valence-corrected chi connectivity index (χ3v) is 7.14. The molecule has 0 bridgehead atoms. The molecule has 0 saturated carbocycles. The van der Waals surface area contributed by atoms with E-state index in [1.807, 2.05) is 42.2 Å². The molecule has 1 saturated heterocycles. The van der Waals surface area contributed by atoms with E-state index >= 15 is 0 Å². The predicted octanol–water partition coefficient (Wildman–Crippen LogP) is 5.82. The van der Waals surface area contributed by atoms with Gasteiger partial charge in [0, 0.05) is 41.4 Å². The number of likely N-dealkylation sites (tertiary alicyclic amines) is 1. The topological polar surface area (TPSA) is 92.5 Å². The van der Waals surface area contributed by atoms with Crippen molar-refractivity contribution in [2.75, 3.05) is 18.4 Å². The van der Waals surface area contributed by atoms with Crippen LogP contribution in [0.15, 0.2) is 77.2 Å². The fourth-order valence-electron chi connectivity index (χ4n) is 4.84. The molecule has 0 aliphatic carbocycles. The molecule has 7 nitrogen and oxygen atoms in total. The number of hydrogen-bond acceptors (Lipinski definition) is 5. The molecule has 0 radical (unpaired) electrons. The number of nitrogens with zero attached hydrogens (tertiary/aromatic N) is 2. The van der Waals surface area contributed by atoms with Gasteiger partial charge < -0.3 is 14.6 Å². The molecule has 37 heavy (non-hydrogen) atoms. The summed E-state index contributed by atoms with van der Waals surface area (Å²) in [5, 5.41) is 2.94. The maximum absolute atomic E-state index is 13.2. The molecule has 2 amide bonds. The number of benzene rings is 3. The second-order valence-electron chi connectivity index (χ2n) is 9.61. The smallest absolute Gasteiger partial charge is 0.253 e. The average Bonchev–Trinajstić information content (AvgIpc) is 3.36. The van der Waals surface area contributed by atoms with Crippen LogP contribution in [0, 0.1) is 11.8 Å². The number of oxazole rings is 1. The van der Waals surface area contributed by atoms with Gasteiger partial charge in [-0.1, -0.05) is 37.3 Å². The molecule has 1 fully saturated rings. The van der Waals surface area contributed by atoms with Crippen molar-refractivity contribution in [2.24, 2.45) is 11.8 Å². The van der Waals surface area contributed by atoms with Gasteiger partial charge in [0.15, 0.2) is 11.4 Å². The Balaban J connectivity index is 1.20. The normalized spacial score (nSPS) is 14.9. The van der Waals surface area contributed by atoms with Crippen molar-refractivity contribution in [1.29, 1.82) is 0 Å². The van der Waals surface area contributed by atoms with E-state index in [0.717, 1.165) is 18.4 Å². The Morgan fingerprint density at radius 3 is 2.43 bits per heavy atom. The third-order valence-electron chi connectivity index (χ3n) is 7.14. The maximum atomic E-state index is 13.2. The Labute approximate surface area is 215 Å². The highest BCUT2D eigenvalue weighted by atomic mass is 16.3. The molecule has 1 aromatic heterocycles. The summed E-state index contributed by atoms with van der Waals surface area (Å²) in [6, 6.07) is 22.0. The third kappa shape index (κ3) is 5.31. The first-order chi connectivity index (χ1) is 17.9. The van der Waals surface area contributed by atoms with Crippen LogP contribution >= 0.6 is 0 Å². The van der Waals surface area contributed by atoms with Crippen LogP contribution in [-0.4, -0.2) is 40.6 Å². The van der Waals surface area contributed by atoms with Gasteiger partial charge in [-0.15, -0.1) is 0 Å². The lowest BCUT2D eigenvalue weighted by Gasteiger charge is -2.34.